The molecule has 2 heterocycles. The summed E-state index contributed by atoms with van der Waals surface area (Å²) in [4.78, 5) is 30.8. The molecule has 10 nitrogen and oxygen atoms in total. The highest BCUT2D eigenvalue weighted by Gasteiger charge is 2.20. The molecule has 4 N–H and O–H groups in total. The molecule has 0 bridgehead atoms. The molecule has 0 aliphatic carbocycles. The number of anilines is 1. The number of nitrogens with zero attached hydrogens (tertiary/aromatic N) is 3. The Bertz CT molecular complexity index is 1050. The minimum absolute atomic E-state index is 0.00317. The number of para-hydroxylation sites is 1. The summed E-state index contributed by atoms with van der Waals surface area (Å²) in [5.41, 5.74) is -0.865. The molecule has 0 fully saturated rings. The lowest BCUT2D eigenvalue weighted by Gasteiger charge is -2.16. The van der Waals surface area contributed by atoms with Crippen LogP contribution >= 0.6 is 0 Å². The van der Waals surface area contributed by atoms with Gasteiger partial charge in [0, 0.05) is 13.6 Å². The topological polar surface area (TPSA) is 134 Å². The van der Waals surface area contributed by atoms with Gasteiger partial charge in [0.15, 0.2) is 11.2 Å². The van der Waals surface area contributed by atoms with Gasteiger partial charge < -0.3 is 24.8 Å². The lowest BCUT2D eigenvalue weighted by atomic mass is 10.3. The largest absolute Gasteiger partial charge is 0.491 e. The monoisotopic (exact) mass is 389 g/mol. The fourth-order valence-corrected chi connectivity index (χ4v) is 2.76. The zero-order valence-electron chi connectivity index (χ0n) is 15.6. The number of imidazole rings is 1. The minimum atomic E-state index is -0.943. The SMILES string of the molecule is CC(O)CNc1nc2c(c(=O)[nH]c(=O)n2C)n1CC(O)COc1ccccc1. The molecule has 0 aliphatic heterocycles. The molecular formula is C18H23N5O5. The van der Waals surface area contributed by atoms with E-state index in [2.05, 4.69) is 15.3 Å². The van der Waals surface area contributed by atoms with Gasteiger partial charge in [0.2, 0.25) is 5.95 Å². The first-order valence-electron chi connectivity index (χ1n) is 8.84. The molecular weight excluding hydrogens is 366 g/mol. The smallest absolute Gasteiger partial charge is 0.329 e. The predicted molar refractivity (Wildman–Crippen MR) is 104 cm³/mol. The van der Waals surface area contributed by atoms with Crippen molar-refractivity contribution in [3.63, 3.8) is 0 Å². The summed E-state index contributed by atoms with van der Waals surface area (Å²) >= 11 is 0. The van der Waals surface area contributed by atoms with Gasteiger partial charge in [-0.3, -0.25) is 14.3 Å². The van der Waals surface area contributed by atoms with Crippen LogP contribution in [0.1, 0.15) is 6.92 Å². The van der Waals surface area contributed by atoms with Gasteiger partial charge in [-0.15, -0.1) is 0 Å². The van der Waals surface area contributed by atoms with Crippen molar-refractivity contribution in [2.24, 2.45) is 7.05 Å². The van der Waals surface area contributed by atoms with Crippen molar-refractivity contribution in [2.75, 3.05) is 18.5 Å². The zero-order valence-corrected chi connectivity index (χ0v) is 15.6. The van der Waals surface area contributed by atoms with Gasteiger partial charge in [-0.05, 0) is 19.1 Å². The van der Waals surface area contributed by atoms with Crippen molar-refractivity contribution < 1.29 is 14.9 Å². The maximum Gasteiger partial charge on any atom is 0.329 e. The van der Waals surface area contributed by atoms with Gasteiger partial charge >= 0.3 is 5.69 Å². The number of fused-ring (bicyclic) bond motifs is 1. The number of aliphatic hydroxyl groups excluding tert-OH is 2. The third-order valence-corrected chi connectivity index (χ3v) is 4.14. The van der Waals surface area contributed by atoms with Gasteiger partial charge in [0.05, 0.1) is 12.6 Å². The summed E-state index contributed by atoms with van der Waals surface area (Å²) in [6.45, 7) is 1.80. The molecule has 3 rings (SSSR count). The molecule has 0 aliphatic rings. The van der Waals surface area contributed by atoms with Crippen molar-refractivity contribution in [3.8, 4) is 5.75 Å². The second-order valence-corrected chi connectivity index (χ2v) is 6.54. The van der Waals surface area contributed by atoms with E-state index in [1.807, 2.05) is 18.2 Å². The van der Waals surface area contributed by atoms with E-state index in [0.29, 0.717) is 5.75 Å². The Balaban J connectivity index is 1.90. The van der Waals surface area contributed by atoms with E-state index in [9.17, 15) is 19.8 Å². The Kier molecular flexibility index (Phi) is 5.81. The minimum Gasteiger partial charge on any atom is -0.491 e. The van der Waals surface area contributed by atoms with Crippen molar-refractivity contribution >= 4 is 17.1 Å². The Morgan fingerprint density at radius 1 is 1.25 bits per heavy atom. The first-order chi connectivity index (χ1) is 13.4. The molecule has 2 unspecified atom stereocenters. The van der Waals surface area contributed by atoms with Crippen LogP contribution in [0.5, 0.6) is 5.75 Å². The van der Waals surface area contributed by atoms with E-state index >= 15 is 0 Å². The van der Waals surface area contributed by atoms with E-state index in [4.69, 9.17) is 4.74 Å². The lowest BCUT2D eigenvalue weighted by Crippen LogP contribution is -2.31. The quantitative estimate of drug-likeness (QED) is 0.414. The number of rotatable bonds is 8. The molecule has 3 aromatic rings. The summed E-state index contributed by atoms with van der Waals surface area (Å²) in [6, 6.07) is 9.05. The van der Waals surface area contributed by atoms with Crippen molar-refractivity contribution in [1.82, 2.24) is 19.1 Å². The lowest BCUT2D eigenvalue weighted by molar-refractivity contribution is 0.0938. The second-order valence-electron chi connectivity index (χ2n) is 6.54. The van der Waals surface area contributed by atoms with Crippen LogP contribution in [0, 0.1) is 0 Å². The summed E-state index contributed by atoms with van der Waals surface area (Å²) in [6.07, 6.45) is -1.59. The average molecular weight is 389 g/mol. The summed E-state index contributed by atoms with van der Waals surface area (Å²) in [5, 5.41) is 22.9. The molecule has 0 radical (unpaired) electrons. The maximum atomic E-state index is 12.4. The molecule has 0 saturated carbocycles. The number of aliphatic hydroxyl groups is 2. The number of ether oxygens (including phenoxy) is 1. The van der Waals surface area contributed by atoms with Crippen LogP contribution in [0.4, 0.5) is 5.95 Å². The van der Waals surface area contributed by atoms with Gasteiger partial charge in [-0.2, -0.15) is 4.98 Å². The number of hydrogen-bond acceptors (Lipinski definition) is 7. The molecule has 0 amide bonds. The van der Waals surface area contributed by atoms with Gasteiger partial charge in [0.25, 0.3) is 5.56 Å². The van der Waals surface area contributed by atoms with Crippen LogP contribution in [0.3, 0.4) is 0 Å². The Morgan fingerprint density at radius 2 is 1.96 bits per heavy atom. The summed E-state index contributed by atoms with van der Waals surface area (Å²) in [7, 11) is 1.49. The van der Waals surface area contributed by atoms with E-state index < -0.39 is 23.5 Å². The van der Waals surface area contributed by atoms with E-state index in [1.165, 1.54) is 16.2 Å². The fraction of sp³-hybridized carbons (Fsp3) is 0.389. The number of hydrogen-bond donors (Lipinski definition) is 4. The highest BCUT2D eigenvalue weighted by molar-refractivity contribution is 5.74. The third-order valence-electron chi connectivity index (χ3n) is 4.14. The zero-order chi connectivity index (χ0) is 20.3. The van der Waals surface area contributed by atoms with Crippen LogP contribution in [-0.2, 0) is 13.6 Å². The number of benzene rings is 1. The van der Waals surface area contributed by atoms with Crippen LogP contribution in [0.2, 0.25) is 0 Å². The number of H-pyrrole nitrogens is 1. The Hall–Kier alpha value is -3.11. The Labute approximate surface area is 160 Å². The highest BCUT2D eigenvalue weighted by atomic mass is 16.5. The summed E-state index contributed by atoms with van der Waals surface area (Å²) < 4.78 is 8.25. The van der Waals surface area contributed by atoms with E-state index in [1.54, 1.807) is 19.1 Å². The molecule has 2 atom stereocenters. The predicted octanol–water partition coefficient (Wildman–Crippen LogP) is -0.344. The van der Waals surface area contributed by atoms with Crippen LogP contribution in [0.15, 0.2) is 39.9 Å². The number of nitrogens with one attached hydrogen (secondary N) is 2. The van der Waals surface area contributed by atoms with Gasteiger partial charge in [-0.1, -0.05) is 18.2 Å². The van der Waals surface area contributed by atoms with E-state index in [-0.39, 0.29) is 36.8 Å². The first-order valence-corrected chi connectivity index (χ1v) is 8.84. The molecule has 150 valence electrons. The van der Waals surface area contributed by atoms with E-state index in [0.717, 1.165) is 0 Å². The average Bonchev–Trinajstić information content (AvgIpc) is 3.02. The molecule has 10 heteroatoms. The van der Waals surface area contributed by atoms with Crippen LogP contribution in [0.25, 0.3) is 11.2 Å². The highest BCUT2D eigenvalue weighted by Crippen LogP contribution is 2.17. The fourth-order valence-electron chi connectivity index (χ4n) is 2.76. The number of aromatic nitrogens is 4. The molecule has 0 spiro atoms. The van der Waals surface area contributed by atoms with Gasteiger partial charge in [0.1, 0.15) is 18.5 Å². The van der Waals surface area contributed by atoms with Gasteiger partial charge in [-0.25, -0.2) is 4.79 Å². The Morgan fingerprint density at radius 3 is 2.64 bits per heavy atom. The molecule has 1 aromatic carbocycles. The van der Waals surface area contributed by atoms with Crippen LogP contribution < -0.4 is 21.3 Å². The number of aromatic amines is 1. The molecule has 28 heavy (non-hydrogen) atoms. The summed E-state index contributed by atoms with van der Waals surface area (Å²) in [5.74, 6) is 0.881. The molecule has 0 saturated heterocycles. The third kappa shape index (κ3) is 4.24. The maximum absolute atomic E-state index is 12.4. The standard InChI is InChI=1S/C18H23N5O5/c1-11(24)8-19-17-20-15-14(16(26)21-18(27)22(15)2)23(17)9-12(25)10-28-13-6-4-3-5-7-13/h3-7,11-12,24-25H,8-10H2,1-2H3,(H,19,20)(H,21,26,27). The van der Waals surface area contributed by atoms with Crippen molar-refractivity contribution in [1.29, 1.82) is 0 Å². The molecule has 2 aromatic heterocycles. The number of aryl methyl sites for hydroxylation is 1. The normalized spacial score (nSPS) is 13.4. The van der Waals surface area contributed by atoms with Crippen molar-refractivity contribution in [3.05, 3.63) is 51.2 Å². The van der Waals surface area contributed by atoms with Crippen molar-refractivity contribution in [2.45, 2.75) is 25.7 Å². The second kappa shape index (κ2) is 8.28. The van der Waals surface area contributed by atoms with Crippen LogP contribution in [-0.4, -0.2) is 54.7 Å². The first kappa shape index (κ1) is 19.6.